The molecule has 1 aromatic heterocycles. The number of amides is 1. The van der Waals surface area contributed by atoms with Gasteiger partial charge in [0, 0.05) is 57.2 Å². The molecule has 164 valence electrons. The first-order valence-electron chi connectivity index (χ1n) is 11.5. The Morgan fingerprint density at radius 1 is 1.16 bits per heavy atom. The standard InChI is InChI=1S/C25H31N3O3/c29-24(21-3-9-26-10-4-21)27-17-20-5-14-31-25(16-20)7-11-28(12-8-25)18-19-1-2-23-22(15-19)6-13-30-23/h1-4,9-10,15,20H,5-8,11-14,16-18H2,(H,27,29). The number of carbonyl (C=O) groups excluding carboxylic acids is 1. The average Bonchev–Trinajstić information content (AvgIpc) is 3.28. The van der Waals surface area contributed by atoms with E-state index in [0.717, 1.165) is 70.7 Å². The van der Waals surface area contributed by atoms with E-state index < -0.39 is 0 Å². The summed E-state index contributed by atoms with van der Waals surface area (Å²) in [6.07, 6.45) is 8.52. The van der Waals surface area contributed by atoms with E-state index in [4.69, 9.17) is 9.47 Å². The van der Waals surface area contributed by atoms with Crippen molar-refractivity contribution in [3.8, 4) is 5.75 Å². The third-order valence-electron chi connectivity index (χ3n) is 7.02. The number of hydrogen-bond donors (Lipinski definition) is 1. The molecule has 2 aromatic rings. The van der Waals surface area contributed by atoms with Crippen molar-refractivity contribution in [2.24, 2.45) is 5.92 Å². The molecule has 6 heteroatoms. The largest absolute Gasteiger partial charge is 0.493 e. The fourth-order valence-electron chi connectivity index (χ4n) is 5.21. The van der Waals surface area contributed by atoms with Crippen molar-refractivity contribution >= 4 is 5.91 Å². The Kier molecular flexibility index (Phi) is 5.92. The molecule has 1 atom stereocenters. The second-order valence-corrected chi connectivity index (χ2v) is 9.15. The predicted molar refractivity (Wildman–Crippen MR) is 118 cm³/mol. The Balaban J connectivity index is 1.11. The van der Waals surface area contributed by atoms with Crippen LogP contribution >= 0.6 is 0 Å². The molecule has 1 aromatic carbocycles. The lowest BCUT2D eigenvalue weighted by Crippen LogP contribution is -2.50. The van der Waals surface area contributed by atoms with Crippen LogP contribution in [0.5, 0.6) is 5.75 Å². The van der Waals surface area contributed by atoms with Crippen molar-refractivity contribution in [1.29, 1.82) is 0 Å². The van der Waals surface area contributed by atoms with Crippen LogP contribution in [0.25, 0.3) is 0 Å². The van der Waals surface area contributed by atoms with E-state index in [2.05, 4.69) is 33.4 Å². The summed E-state index contributed by atoms with van der Waals surface area (Å²) in [5.74, 6) is 1.51. The number of likely N-dealkylation sites (tertiary alicyclic amines) is 1. The van der Waals surface area contributed by atoms with E-state index in [1.54, 1.807) is 24.5 Å². The molecule has 3 aliphatic heterocycles. The van der Waals surface area contributed by atoms with Gasteiger partial charge in [0.05, 0.1) is 12.2 Å². The van der Waals surface area contributed by atoms with Crippen LogP contribution in [0.3, 0.4) is 0 Å². The molecule has 1 unspecified atom stereocenters. The number of carbonyl (C=O) groups is 1. The Bertz CT molecular complexity index is 909. The summed E-state index contributed by atoms with van der Waals surface area (Å²) < 4.78 is 12.0. The average molecular weight is 422 g/mol. The van der Waals surface area contributed by atoms with Gasteiger partial charge >= 0.3 is 0 Å². The summed E-state index contributed by atoms with van der Waals surface area (Å²) >= 11 is 0. The molecule has 0 bridgehead atoms. The minimum atomic E-state index is -0.0212. The van der Waals surface area contributed by atoms with E-state index in [1.165, 1.54) is 11.1 Å². The quantitative estimate of drug-likeness (QED) is 0.803. The fourth-order valence-corrected chi connectivity index (χ4v) is 5.21. The number of ether oxygens (including phenoxy) is 2. The maximum Gasteiger partial charge on any atom is 0.251 e. The molecule has 1 spiro atoms. The highest BCUT2D eigenvalue weighted by Crippen LogP contribution is 2.38. The van der Waals surface area contributed by atoms with Gasteiger partial charge < -0.3 is 14.8 Å². The van der Waals surface area contributed by atoms with Gasteiger partial charge in [-0.05, 0) is 60.9 Å². The minimum Gasteiger partial charge on any atom is -0.493 e. The molecule has 31 heavy (non-hydrogen) atoms. The number of nitrogens with one attached hydrogen (secondary N) is 1. The van der Waals surface area contributed by atoms with Crippen LogP contribution in [0.1, 0.15) is 47.2 Å². The second kappa shape index (κ2) is 8.97. The molecule has 5 rings (SSSR count). The zero-order chi connectivity index (χ0) is 21.1. The lowest BCUT2D eigenvalue weighted by molar-refractivity contribution is -0.127. The van der Waals surface area contributed by atoms with Crippen molar-refractivity contribution < 1.29 is 14.3 Å². The van der Waals surface area contributed by atoms with Gasteiger partial charge in [0.2, 0.25) is 0 Å². The van der Waals surface area contributed by atoms with Crippen LogP contribution in [0.15, 0.2) is 42.7 Å². The first-order valence-corrected chi connectivity index (χ1v) is 11.5. The lowest BCUT2D eigenvalue weighted by atomic mass is 9.79. The molecular formula is C25H31N3O3. The summed E-state index contributed by atoms with van der Waals surface area (Å²) in [5, 5.41) is 3.11. The molecule has 2 saturated heterocycles. The maximum atomic E-state index is 12.4. The SMILES string of the molecule is O=C(NCC1CCOC2(CCN(Cc3ccc4c(c3)CCO4)CC2)C1)c1ccncc1. The number of rotatable bonds is 5. The summed E-state index contributed by atoms with van der Waals surface area (Å²) in [5.41, 5.74) is 3.37. The van der Waals surface area contributed by atoms with E-state index in [-0.39, 0.29) is 11.5 Å². The van der Waals surface area contributed by atoms with Gasteiger partial charge in [-0.1, -0.05) is 12.1 Å². The van der Waals surface area contributed by atoms with E-state index in [9.17, 15) is 4.79 Å². The summed E-state index contributed by atoms with van der Waals surface area (Å²) in [4.78, 5) is 18.9. The van der Waals surface area contributed by atoms with Gasteiger partial charge in [0.1, 0.15) is 5.75 Å². The van der Waals surface area contributed by atoms with Crippen LogP contribution < -0.4 is 10.1 Å². The maximum absolute atomic E-state index is 12.4. The Morgan fingerprint density at radius 3 is 2.84 bits per heavy atom. The molecule has 4 heterocycles. The summed E-state index contributed by atoms with van der Waals surface area (Å²) in [6, 6.07) is 10.1. The first kappa shape index (κ1) is 20.5. The highest BCUT2D eigenvalue weighted by atomic mass is 16.5. The molecule has 6 nitrogen and oxygen atoms in total. The number of pyridine rings is 1. The van der Waals surface area contributed by atoms with Gasteiger partial charge in [-0.3, -0.25) is 14.7 Å². The monoisotopic (exact) mass is 421 g/mol. The number of piperidine rings is 1. The third-order valence-corrected chi connectivity index (χ3v) is 7.02. The number of hydrogen-bond acceptors (Lipinski definition) is 5. The predicted octanol–water partition coefficient (Wildman–Crippen LogP) is 3.21. The molecule has 1 amide bonds. The highest BCUT2D eigenvalue weighted by Gasteiger charge is 2.40. The minimum absolute atomic E-state index is 0.0162. The first-order chi connectivity index (χ1) is 15.2. The molecule has 0 aliphatic carbocycles. The summed E-state index contributed by atoms with van der Waals surface area (Å²) in [6.45, 7) is 5.43. The van der Waals surface area contributed by atoms with Crippen LogP contribution in [-0.2, 0) is 17.7 Å². The molecule has 3 aliphatic rings. The van der Waals surface area contributed by atoms with Gasteiger partial charge in [-0.2, -0.15) is 0 Å². The van der Waals surface area contributed by atoms with Gasteiger partial charge in [0.15, 0.2) is 0 Å². The van der Waals surface area contributed by atoms with Crippen molar-refractivity contribution in [2.45, 2.75) is 44.2 Å². The van der Waals surface area contributed by atoms with Gasteiger partial charge in [-0.25, -0.2) is 0 Å². The Morgan fingerprint density at radius 2 is 2.00 bits per heavy atom. The second-order valence-electron chi connectivity index (χ2n) is 9.15. The van der Waals surface area contributed by atoms with Crippen molar-refractivity contribution in [3.63, 3.8) is 0 Å². The molecule has 1 N–H and O–H groups in total. The number of benzene rings is 1. The summed E-state index contributed by atoms with van der Waals surface area (Å²) in [7, 11) is 0. The van der Waals surface area contributed by atoms with Gasteiger partial charge in [-0.15, -0.1) is 0 Å². The molecule has 2 fully saturated rings. The van der Waals surface area contributed by atoms with Crippen molar-refractivity contribution in [1.82, 2.24) is 15.2 Å². The van der Waals surface area contributed by atoms with E-state index in [0.29, 0.717) is 18.0 Å². The van der Waals surface area contributed by atoms with Crippen LogP contribution in [-0.4, -0.2) is 54.2 Å². The fraction of sp³-hybridized carbons (Fsp3) is 0.520. The molecule has 0 radical (unpaired) electrons. The van der Waals surface area contributed by atoms with E-state index in [1.807, 2.05) is 0 Å². The van der Waals surface area contributed by atoms with E-state index >= 15 is 0 Å². The zero-order valence-corrected chi connectivity index (χ0v) is 18.0. The lowest BCUT2D eigenvalue weighted by Gasteiger charge is -2.46. The molecular weight excluding hydrogens is 390 g/mol. The number of aromatic nitrogens is 1. The Hall–Kier alpha value is -2.44. The smallest absolute Gasteiger partial charge is 0.251 e. The number of nitrogens with zero attached hydrogens (tertiary/aromatic N) is 2. The highest BCUT2D eigenvalue weighted by molar-refractivity contribution is 5.93. The normalized spacial score (nSPS) is 22.6. The van der Waals surface area contributed by atoms with Crippen molar-refractivity contribution in [2.75, 3.05) is 32.8 Å². The third kappa shape index (κ3) is 4.75. The van der Waals surface area contributed by atoms with Gasteiger partial charge in [0.25, 0.3) is 5.91 Å². The number of fused-ring (bicyclic) bond motifs is 1. The topological polar surface area (TPSA) is 63.7 Å². The van der Waals surface area contributed by atoms with Crippen LogP contribution in [0, 0.1) is 5.92 Å². The van der Waals surface area contributed by atoms with Crippen molar-refractivity contribution in [3.05, 3.63) is 59.4 Å². The van der Waals surface area contributed by atoms with Crippen LogP contribution in [0.2, 0.25) is 0 Å². The Labute approximate surface area is 183 Å². The van der Waals surface area contributed by atoms with Crippen LogP contribution in [0.4, 0.5) is 0 Å². The zero-order valence-electron chi connectivity index (χ0n) is 18.0. The molecule has 0 saturated carbocycles.